The molecule has 0 saturated carbocycles. The topological polar surface area (TPSA) is 63.2 Å². The summed E-state index contributed by atoms with van der Waals surface area (Å²) in [5, 5.41) is 1.89. The highest BCUT2D eigenvalue weighted by Crippen LogP contribution is 2.26. The summed E-state index contributed by atoms with van der Waals surface area (Å²) in [7, 11) is -3.25. The van der Waals surface area contributed by atoms with E-state index in [2.05, 4.69) is 4.72 Å². The molecule has 0 fully saturated rings. The van der Waals surface area contributed by atoms with Crippen LogP contribution in [0.2, 0.25) is 0 Å². The quantitative estimate of drug-likeness (QED) is 0.876. The van der Waals surface area contributed by atoms with Crippen molar-refractivity contribution in [3.05, 3.63) is 40.6 Å². The van der Waals surface area contributed by atoms with Crippen LogP contribution in [0.3, 0.4) is 0 Å². The highest BCUT2D eigenvalue weighted by atomic mass is 32.2. The molecule has 2 aromatic rings. The molecule has 1 aromatic heterocycles. The van der Waals surface area contributed by atoms with Gasteiger partial charge in [-0.3, -0.25) is 9.52 Å². The predicted octanol–water partition coefficient (Wildman–Crippen LogP) is 2.60. The second-order valence-corrected chi connectivity index (χ2v) is 6.50. The maximum absolute atomic E-state index is 11.0. The summed E-state index contributed by atoms with van der Waals surface area (Å²) in [5.41, 5.74) is 2.42. The number of anilines is 1. The van der Waals surface area contributed by atoms with Crippen LogP contribution in [-0.4, -0.2) is 21.0 Å². The standard InChI is InChI=1S/C12H11NO3S2/c1-18(15,16)13-11-4-2-9(3-5-11)10-6-12(7-14)17-8-10/h2-8,13H,1H3. The van der Waals surface area contributed by atoms with Gasteiger partial charge in [-0.2, -0.15) is 0 Å². The number of rotatable bonds is 4. The number of sulfonamides is 1. The summed E-state index contributed by atoms with van der Waals surface area (Å²) in [5.74, 6) is 0. The van der Waals surface area contributed by atoms with Gasteiger partial charge in [0.25, 0.3) is 0 Å². The maximum Gasteiger partial charge on any atom is 0.229 e. The molecule has 0 amide bonds. The lowest BCUT2D eigenvalue weighted by Gasteiger charge is -2.04. The van der Waals surface area contributed by atoms with Gasteiger partial charge in [-0.15, -0.1) is 11.3 Å². The molecule has 2 rings (SSSR count). The monoisotopic (exact) mass is 281 g/mol. The molecule has 1 N–H and O–H groups in total. The van der Waals surface area contributed by atoms with E-state index in [4.69, 9.17) is 0 Å². The summed E-state index contributed by atoms with van der Waals surface area (Å²) >= 11 is 1.38. The lowest BCUT2D eigenvalue weighted by molar-refractivity contribution is 0.112. The van der Waals surface area contributed by atoms with Gasteiger partial charge in [0.05, 0.1) is 11.1 Å². The van der Waals surface area contributed by atoms with Crippen molar-refractivity contribution >= 4 is 33.3 Å². The first-order chi connectivity index (χ1) is 8.48. The number of hydrogen-bond donors (Lipinski definition) is 1. The second kappa shape index (κ2) is 4.91. The minimum Gasteiger partial charge on any atom is -0.297 e. The lowest BCUT2D eigenvalue weighted by Crippen LogP contribution is -2.09. The Kier molecular flexibility index (Phi) is 3.49. The van der Waals surface area contributed by atoms with Crippen LogP contribution in [0.15, 0.2) is 35.7 Å². The van der Waals surface area contributed by atoms with Crippen LogP contribution in [0.4, 0.5) is 5.69 Å². The maximum atomic E-state index is 11.0. The third-order valence-corrected chi connectivity index (χ3v) is 3.72. The fourth-order valence-electron chi connectivity index (χ4n) is 1.51. The average molecular weight is 281 g/mol. The number of nitrogens with one attached hydrogen (secondary N) is 1. The van der Waals surface area contributed by atoms with Gasteiger partial charge < -0.3 is 0 Å². The molecule has 1 aromatic carbocycles. The van der Waals surface area contributed by atoms with Crippen LogP contribution in [0.5, 0.6) is 0 Å². The van der Waals surface area contributed by atoms with Crippen molar-refractivity contribution in [2.75, 3.05) is 11.0 Å². The molecule has 0 saturated heterocycles. The first-order valence-electron chi connectivity index (χ1n) is 5.10. The second-order valence-electron chi connectivity index (χ2n) is 3.81. The van der Waals surface area contributed by atoms with E-state index in [9.17, 15) is 13.2 Å². The molecule has 0 bridgehead atoms. The molecule has 0 radical (unpaired) electrons. The summed E-state index contributed by atoms with van der Waals surface area (Å²) in [4.78, 5) is 11.3. The Labute approximate surface area is 109 Å². The molecule has 0 spiro atoms. The Morgan fingerprint density at radius 2 is 1.83 bits per heavy atom. The van der Waals surface area contributed by atoms with E-state index in [1.165, 1.54) is 11.3 Å². The zero-order valence-corrected chi connectivity index (χ0v) is 11.2. The first-order valence-corrected chi connectivity index (χ1v) is 7.87. The van der Waals surface area contributed by atoms with Crippen molar-refractivity contribution in [2.24, 2.45) is 0 Å². The van der Waals surface area contributed by atoms with Gasteiger partial charge in [0.15, 0.2) is 6.29 Å². The normalized spacial score (nSPS) is 11.2. The molecule has 6 heteroatoms. The molecular weight excluding hydrogens is 270 g/mol. The third-order valence-electron chi connectivity index (χ3n) is 2.26. The van der Waals surface area contributed by atoms with E-state index >= 15 is 0 Å². The Bertz CT molecular complexity index is 657. The Morgan fingerprint density at radius 3 is 2.33 bits per heavy atom. The van der Waals surface area contributed by atoms with Gasteiger partial charge in [0.2, 0.25) is 10.0 Å². The van der Waals surface area contributed by atoms with Crippen molar-refractivity contribution in [1.29, 1.82) is 0 Å². The molecule has 0 aliphatic rings. The van der Waals surface area contributed by atoms with E-state index < -0.39 is 10.0 Å². The van der Waals surface area contributed by atoms with Crippen LogP contribution >= 0.6 is 11.3 Å². The molecule has 1 heterocycles. The van der Waals surface area contributed by atoms with Gasteiger partial charge in [-0.05, 0) is 34.7 Å². The van der Waals surface area contributed by atoms with Crippen LogP contribution in [-0.2, 0) is 10.0 Å². The fourth-order valence-corrected chi connectivity index (χ4v) is 2.79. The number of carbonyl (C=O) groups is 1. The molecule has 0 unspecified atom stereocenters. The van der Waals surface area contributed by atoms with Crippen LogP contribution in [0, 0.1) is 0 Å². The van der Waals surface area contributed by atoms with Crippen LogP contribution in [0.1, 0.15) is 9.67 Å². The molecular formula is C12H11NO3S2. The number of thiophene rings is 1. The predicted molar refractivity (Wildman–Crippen MR) is 73.6 cm³/mol. The number of benzene rings is 1. The van der Waals surface area contributed by atoms with E-state index in [0.717, 1.165) is 23.7 Å². The first kappa shape index (κ1) is 12.8. The lowest BCUT2D eigenvalue weighted by atomic mass is 10.1. The molecule has 4 nitrogen and oxygen atoms in total. The fraction of sp³-hybridized carbons (Fsp3) is 0.0833. The van der Waals surface area contributed by atoms with Crippen molar-refractivity contribution in [3.8, 4) is 11.1 Å². The molecule has 0 aliphatic heterocycles. The van der Waals surface area contributed by atoms with Gasteiger partial charge in [-0.25, -0.2) is 8.42 Å². The number of hydrogen-bond acceptors (Lipinski definition) is 4. The highest BCUT2D eigenvalue weighted by molar-refractivity contribution is 7.92. The van der Waals surface area contributed by atoms with Crippen molar-refractivity contribution in [1.82, 2.24) is 0 Å². The SMILES string of the molecule is CS(=O)(=O)Nc1ccc(-c2csc(C=O)c2)cc1. The van der Waals surface area contributed by atoms with Crippen LogP contribution < -0.4 is 4.72 Å². The Hall–Kier alpha value is -1.66. The minimum atomic E-state index is -3.25. The summed E-state index contributed by atoms with van der Waals surface area (Å²) < 4.78 is 24.5. The summed E-state index contributed by atoms with van der Waals surface area (Å²) in [6, 6.07) is 8.80. The van der Waals surface area contributed by atoms with Gasteiger partial charge in [-0.1, -0.05) is 12.1 Å². The van der Waals surface area contributed by atoms with Gasteiger partial charge in [0, 0.05) is 5.69 Å². The van der Waals surface area contributed by atoms with E-state index in [1.807, 2.05) is 17.5 Å². The zero-order valence-electron chi connectivity index (χ0n) is 9.58. The highest BCUT2D eigenvalue weighted by Gasteiger charge is 2.04. The molecule has 94 valence electrons. The molecule has 0 atom stereocenters. The van der Waals surface area contributed by atoms with E-state index in [1.54, 1.807) is 18.2 Å². The van der Waals surface area contributed by atoms with E-state index in [-0.39, 0.29) is 0 Å². The van der Waals surface area contributed by atoms with Crippen molar-refractivity contribution < 1.29 is 13.2 Å². The van der Waals surface area contributed by atoms with Crippen molar-refractivity contribution in [3.63, 3.8) is 0 Å². The summed E-state index contributed by atoms with van der Waals surface area (Å²) in [6.07, 6.45) is 1.92. The largest absolute Gasteiger partial charge is 0.297 e. The number of aldehydes is 1. The zero-order chi connectivity index (χ0) is 13.2. The smallest absolute Gasteiger partial charge is 0.229 e. The van der Waals surface area contributed by atoms with Crippen LogP contribution in [0.25, 0.3) is 11.1 Å². The molecule has 18 heavy (non-hydrogen) atoms. The van der Waals surface area contributed by atoms with Gasteiger partial charge in [0.1, 0.15) is 0 Å². The van der Waals surface area contributed by atoms with E-state index in [0.29, 0.717) is 10.6 Å². The van der Waals surface area contributed by atoms with Gasteiger partial charge >= 0.3 is 0 Å². The average Bonchev–Trinajstić information content (AvgIpc) is 2.76. The number of carbonyl (C=O) groups excluding carboxylic acids is 1. The Morgan fingerprint density at radius 1 is 1.17 bits per heavy atom. The minimum absolute atomic E-state index is 0.520. The van der Waals surface area contributed by atoms with Crippen molar-refractivity contribution in [2.45, 2.75) is 0 Å². The third kappa shape index (κ3) is 3.18. The summed E-state index contributed by atoms with van der Waals surface area (Å²) in [6.45, 7) is 0. The Balaban J connectivity index is 2.24. The molecule has 0 aliphatic carbocycles.